The number of hydrogen-bond donors (Lipinski definition) is 0. The van der Waals surface area contributed by atoms with E-state index in [1.54, 1.807) is 18.2 Å². The summed E-state index contributed by atoms with van der Waals surface area (Å²) in [6.07, 6.45) is 1.61. The Bertz CT molecular complexity index is 546. The maximum absolute atomic E-state index is 10.9. The molecule has 0 saturated carbocycles. The van der Waals surface area contributed by atoms with Gasteiger partial charge in [-0.15, -0.1) is 0 Å². The van der Waals surface area contributed by atoms with Crippen LogP contribution in [0.3, 0.4) is 0 Å². The van der Waals surface area contributed by atoms with Crippen molar-refractivity contribution in [3.63, 3.8) is 0 Å². The molecule has 0 aliphatic heterocycles. The molecule has 0 radical (unpaired) electrons. The first-order chi connectivity index (χ1) is 8.46. The summed E-state index contributed by atoms with van der Waals surface area (Å²) in [6, 6.07) is 6.83. The second-order valence-electron chi connectivity index (χ2n) is 3.81. The van der Waals surface area contributed by atoms with Gasteiger partial charge in [-0.3, -0.25) is 0 Å². The Morgan fingerprint density at radius 2 is 2.06 bits per heavy atom. The molecule has 0 spiro atoms. The molecule has 0 saturated heterocycles. The fraction of sp³-hybridized carbons (Fsp3) is 0.417. The van der Waals surface area contributed by atoms with Crippen molar-refractivity contribution in [3.8, 4) is 17.6 Å². The predicted octanol–water partition coefficient (Wildman–Crippen LogP) is 1.38. The SMILES string of the molecule is COc1cc(C#N)ccc1OCCCS(C)(=O)=O. The second kappa shape index (κ2) is 6.26. The normalized spacial score (nSPS) is 10.7. The number of nitriles is 1. The zero-order valence-corrected chi connectivity index (χ0v) is 11.2. The topological polar surface area (TPSA) is 76.4 Å². The molecule has 0 aliphatic rings. The van der Waals surface area contributed by atoms with Crippen LogP contribution in [0, 0.1) is 11.3 Å². The van der Waals surface area contributed by atoms with Gasteiger partial charge in [-0.1, -0.05) is 0 Å². The van der Waals surface area contributed by atoms with Gasteiger partial charge in [0, 0.05) is 12.3 Å². The fourth-order valence-electron chi connectivity index (χ4n) is 1.36. The van der Waals surface area contributed by atoms with Crippen LogP contribution in [0.25, 0.3) is 0 Å². The molecule has 98 valence electrons. The molecular formula is C12H15NO4S. The number of nitrogens with zero attached hydrogens (tertiary/aromatic N) is 1. The third kappa shape index (κ3) is 4.63. The largest absolute Gasteiger partial charge is 0.493 e. The smallest absolute Gasteiger partial charge is 0.162 e. The van der Waals surface area contributed by atoms with Crippen molar-refractivity contribution < 1.29 is 17.9 Å². The average Bonchev–Trinajstić information content (AvgIpc) is 2.33. The van der Waals surface area contributed by atoms with Crippen LogP contribution in [0.1, 0.15) is 12.0 Å². The minimum absolute atomic E-state index is 0.0889. The van der Waals surface area contributed by atoms with Crippen LogP contribution >= 0.6 is 0 Å². The lowest BCUT2D eigenvalue weighted by Gasteiger charge is -2.10. The van der Waals surface area contributed by atoms with E-state index < -0.39 is 9.84 Å². The summed E-state index contributed by atoms with van der Waals surface area (Å²) in [7, 11) is -1.47. The number of methoxy groups -OCH3 is 1. The lowest BCUT2D eigenvalue weighted by atomic mass is 10.2. The van der Waals surface area contributed by atoms with Gasteiger partial charge in [0.15, 0.2) is 11.5 Å². The maximum Gasteiger partial charge on any atom is 0.162 e. The highest BCUT2D eigenvalue weighted by atomic mass is 32.2. The van der Waals surface area contributed by atoms with Crippen molar-refractivity contribution >= 4 is 9.84 Å². The maximum atomic E-state index is 10.9. The molecule has 18 heavy (non-hydrogen) atoms. The quantitative estimate of drug-likeness (QED) is 0.729. The van der Waals surface area contributed by atoms with Crippen LogP contribution in [0.4, 0.5) is 0 Å². The van der Waals surface area contributed by atoms with Crippen molar-refractivity contribution in [3.05, 3.63) is 23.8 Å². The number of benzene rings is 1. The Morgan fingerprint density at radius 1 is 1.33 bits per heavy atom. The van der Waals surface area contributed by atoms with Gasteiger partial charge in [-0.05, 0) is 18.6 Å². The second-order valence-corrected chi connectivity index (χ2v) is 6.07. The number of ether oxygens (including phenoxy) is 2. The lowest BCUT2D eigenvalue weighted by molar-refractivity contribution is 0.294. The summed E-state index contributed by atoms with van der Waals surface area (Å²) in [6.45, 7) is 0.287. The van der Waals surface area contributed by atoms with E-state index in [0.717, 1.165) is 0 Å². The summed E-state index contributed by atoms with van der Waals surface area (Å²) in [5.74, 6) is 1.06. The van der Waals surface area contributed by atoms with E-state index in [4.69, 9.17) is 14.7 Å². The Kier molecular flexibility index (Phi) is 4.98. The van der Waals surface area contributed by atoms with Gasteiger partial charge in [0.05, 0.1) is 31.1 Å². The minimum Gasteiger partial charge on any atom is -0.493 e. The third-order valence-electron chi connectivity index (χ3n) is 2.21. The van der Waals surface area contributed by atoms with E-state index in [0.29, 0.717) is 23.5 Å². The van der Waals surface area contributed by atoms with E-state index in [2.05, 4.69) is 0 Å². The molecule has 0 bridgehead atoms. The van der Waals surface area contributed by atoms with Crippen molar-refractivity contribution in [2.75, 3.05) is 25.7 Å². The summed E-state index contributed by atoms with van der Waals surface area (Å²) in [4.78, 5) is 0. The van der Waals surface area contributed by atoms with Crippen LogP contribution in [0.5, 0.6) is 11.5 Å². The van der Waals surface area contributed by atoms with Gasteiger partial charge in [0.2, 0.25) is 0 Å². The fourth-order valence-corrected chi connectivity index (χ4v) is 2.00. The van der Waals surface area contributed by atoms with Gasteiger partial charge < -0.3 is 9.47 Å². The van der Waals surface area contributed by atoms with Crippen LogP contribution in [0.2, 0.25) is 0 Å². The monoisotopic (exact) mass is 269 g/mol. The summed E-state index contributed by atoms with van der Waals surface area (Å²) in [5.41, 5.74) is 0.482. The van der Waals surface area contributed by atoms with Crippen LogP contribution in [0.15, 0.2) is 18.2 Å². The van der Waals surface area contributed by atoms with Gasteiger partial charge in [0.25, 0.3) is 0 Å². The van der Waals surface area contributed by atoms with Crippen LogP contribution in [-0.4, -0.2) is 34.1 Å². The van der Waals surface area contributed by atoms with Gasteiger partial charge in [0.1, 0.15) is 9.84 Å². The summed E-state index contributed by atoms with van der Waals surface area (Å²) < 4.78 is 32.4. The van der Waals surface area contributed by atoms with Crippen molar-refractivity contribution in [1.82, 2.24) is 0 Å². The molecule has 6 heteroatoms. The molecule has 1 rings (SSSR count). The highest BCUT2D eigenvalue weighted by molar-refractivity contribution is 7.90. The first-order valence-electron chi connectivity index (χ1n) is 5.35. The Hall–Kier alpha value is -1.74. The van der Waals surface area contributed by atoms with Gasteiger partial charge in [-0.2, -0.15) is 5.26 Å². The standard InChI is InChI=1S/C12H15NO4S/c1-16-12-8-10(9-13)4-5-11(12)17-6-3-7-18(2,14)15/h4-5,8H,3,6-7H2,1-2H3. The summed E-state index contributed by atoms with van der Waals surface area (Å²) >= 11 is 0. The van der Waals surface area contributed by atoms with E-state index in [9.17, 15) is 8.42 Å². The highest BCUT2D eigenvalue weighted by Crippen LogP contribution is 2.27. The molecule has 0 heterocycles. The molecule has 1 aromatic rings. The molecule has 5 nitrogen and oxygen atoms in total. The minimum atomic E-state index is -2.96. The first-order valence-corrected chi connectivity index (χ1v) is 7.41. The number of sulfone groups is 1. The number of rotatable bonds is 6. The highest BCUT2D eigenvalue weighted by Gasteiger charge is 2.07. The van der Waals surface area contributed by atoms with E-state index in [1.807, 2.05) is 6.07 Å². The molecule has 0 unspecified atom stereocenters. The van der Waals surface area contributed by atoms with Crippen LogP contribution in [-0.2, 0) is 9.84 Å². The lowest BCUT2D eigenvalue weighted by Crippen LogP contribution is -2.08. The van der Waals surface area contributed by atoms with Crippen molar-refractivity contribution in [2.45, 2.75) is 6.42 Å². The molecular weight excluding hydrogens is 254 g/mol. The zero-order valence-electron chi connectivity index (χ0n) is 10.3. The van der Waals surface area contributed by atoms with Gasteiger partial charge in [-0.25, -0.2) is 8.42 Å². The molecule has 0 aliphatic carbocycles. The third-order valence-corrected chi connectivity index (χ3v) is 3.24. The summed E-state index contributed by atoms with van der Waals surface area (Å²) in [5, 5.41) is 8.74. The molecule has 0 fully saturated rings. The molecule has 1 aromatic carbocycles. The molecule has 0 amide bonds. The predicted molar refractivity (Wildman–Crippen MR) is 67.5 cm³/mol. The number of hydrogen-bond acceptors (Lipinski definition) is 5. The van der Waals surface area contributed by atoms with E-state index in [1.165, 1.54) is 13.4 Å². The van der Waals surface area contributed by atoms with E-state index in [-0.39, 0.29) is 12.4 Å². The molecule has 0 N–H and O–H groups in total. The first kappa shape index (κ1) is 14.3. The molecule has 0 aromatic heterocycles. The Balaban J connectivity index is 2.60. The van der Waals surface area contributed by atoms with Gasteiger partial charge >= 0.3 is 0 Å². The average molecular weight is 269 g/mol. The van der Waals surface area contributed by atoms with Crippen LogP contribution < -0.4 is 9.47 Å². The Morgan fingerprint density at radius 3 is 2.61 bits per heavy atom. The van der Waals surface area contributed by atoms with E-state index >= 15 is 0 Å². The zero-order chi connectivity index (χ0) is 13.6. The van der Waals surface area contributed by atoms with Crippen molar-refractivity contribution in [2.24, 2.45) is 0 Å². The Labute approximate surface area is 107 Å². The van der Waals surface area contributed by atoms with Crippen molar-refractivity contribution in [1.29, 1.82) is 5.26 Å². The molecule has 0 atom stereocenters.